The fourth-order valence-electron chi connectivity index (χ4n) is 6.75. The van der Waals surface area contributed by atoms with Gasteiger partial charge in [0.2, 0.25) is 23.6 Å². The monoisotopic (exact) mass is 784 g/mol. The summed E-state index contributed by atoms with van der Waals surface area (Å²) < 4.78 is 0. The first-order valence-corrected chi connectivity index (χ1v) is 19.7. The van der Waals surface area contributed by atoms with E-state index in [4.69, 9.17) is 0 Å². The van der Waals surface area contributed by atoms with E-state index in [1.165, 1.54) is 11.3 Å². The smallest absolute Gasteiger partial charge is 0.307 e. The predicted molar refractivity (Wildman–Crippen MR) is 218 cm³/mol. The van der Waals surface area contributed by atoms with Crippen molar-refractivity contribution in [1.82, 2.24) is 16.0 Å². The maximum absolute atomic E-state index is 14.4. The Kier molecular flexibility index (Phi) is 13.7. The number of amides is 4. The van der Waals surface area contributed by atoms with E-state index in [1.54, 1.807) is 24.3 Å². The lowest BCUT2D eigenvalue weighted by molar-refractivity contribution is -0.144. The summed E-state index contributed by atoms with van der Waals surface area (Å²) in [6.45, 7) is 0. The maximum Gasteiger partial charge on any atom is 0.307 e. The van der Waals surface area contributed by atoms with Gasteiger partial charge in [0.15, 0.2) is 5.78 Å². The van der Waals surface area contributed by atoms with Gasteiger partial charge in [0.05, 0.1) is 12.0 Å². The van der Waals surface area contributed by atoms with E-state index in [1.807, 2.05) is 102 Å². The molecule has 5 N–H and O–H groups in total. The van der Waals surface area contributed by atoms with Crippen molar-refractivity contribution in [1.29, 1.82) is 0 Å². The molecule has 2 aliphatic rings. The van der Waals surface area contributed by atoms with Crippen molar-refractivity contribution in [3.05, 3.63) is 148 Å². The normalized spacial score (nSPS) is 20.0. The fourth-order valence-corrected chi connectivity index (χ4v) is 7.50. The van der Waals surface area contributed by atoms with Crippen LogP contribution in [0.4, 0.5) is 5.69 Å². The van der Waals surface area contributed by atoms with Gasteiger partial charge in [-0.3, -0.25) is 28.8 Å². The largest absolute Gasteiger partial charge is 0.481 e. The molecule has 2 bridgehead atoms. The van der Waals surface area contributed by atoms with Crippen molar-refractivity contribution in [3.63, 3.8) is 0 Å². The van der Waals surface area contributed by atoms with Crippen LogP contribution in [0.3, 0.4) is 0 Å². The summed E-state index contributed by atoms with van der Waals surface area (Å²) in [4.78, 5) is 82.0. The highest BCUT2D eigenvalue weighted by Crippen LogP contribution is 2.22. The highest BCUT2D eigenvalue weighted by molar-refractivity contribution is 7.09. The third-order valence-electron chi connectivity index (χ3n) is 9.85. The number of ketones is 1. The van der Waals surface area contributed by atoms with Gasteiger partial charge < -0.3 is 26.4 Å². The molecular weight excluding hydrogens is 741 g/mol. The molecule has 2 aliphatic heterocycles. The van der Waals surface area contributed by atoms with Gasteiger partial charge in [-0.15, -0.1) is 11.3 Å². The summed E-state index contributed by atoms with van der Waals surface area (Å²) in [7, 11) is 0. The molecule has 4 aromatic carbocycles. The zero-order chi connectivity index (χ0) is 40.1. The van der Waals surface area contributed by atoms with E-state index >= 15 is 0 Å². The summed E-state index contributed by atoms with van der Waals surface area (Å²) in [5.41, 5.74) is 4.55. The summed E-state index contributed by atoms with van der Waals surface area (Å²) >= 11 is 1.41. The number of carboxylic acids is 1. The van der Waals surface area contributed by atoms with Crippen LogP contribution < -0.4 is 21.3 Å². The lowest BCUT2D eigenvalue weighted by Crippen LogP contribution is -2.57. The average Bonchev–Trinajstić information content (AvgIpc) is 3.73. The summed E-state index contributed by atoms with van der Waals surface area (Å²) in [5.74, 6) is -4.95. The van der Waals surface area contributed by atoms with Gasteiger partial charge in [-0.1, -0.05) is 103 Å². The fraction of sp³-hybridized carbons (Fsp3) is 0.244. The molecule has 4 amide bonds. The zero-order valence-corrected chi connectivity index (χ0v) is 32.0. The van der Waals surface area contributed by atoms with Crippen LogP contribution in [0.2, 0.25) is 0 Å². The third-order valence-corrected chi connectivity index (χ3v) is 10.8. The molecule has 0 radical (unpaired) electrons. The molecule has 4 atom stereocenters. The Morgan fingerprint density at radius 1 is 0.579 bits per heavy atom. The predicted octanol–water partition coefficient (Wildman–Crippen LogP) is 5.53. The minimum absolute atomic E-state index is 0.0325. The molecule has 3 heterocycles. The first kappa shape index (κ1) is 40.3. The van der Waals surface area contributed by atoms with E-state index < -0.39 is 59.4 Å². The molecule has 0 saturated carbocycles. The lowest BCUT2D eigenvalue weighted by atomic mass is 9.90. The van der Waals surface area contributed by atoms with E-state index in [0.29, 0.717) is 11.3 Å². The van der Waals surface area contributed by atoms with Crippen LogP contribution in [0.5, 0.6) is 0 Å². The molecule has 11 nitrogen and oxygen atoms in total. The van der Waals surface area contributed by atoms with Crippen molar-refractivity contribution in [3.8, 4) is 11.1 Å². The van der Waals surface area contributed by atoms with Crippen LogP contribution in [-0.4, -0.2) is 58.6 Å². The van der Waals surface area contributed by atoms with E-state index in [2.05, 4.69) is 21.3 Å². The molecule has 1 aromatic heterocycles. The number of Topliss-reactive ketones (excluding diaryl/α,β-unsaturated/α-hetero) is 1. The van der Waals surface area contributed by atoms with Gasteiger partial charge in [0.25, 0.3) is 0 Å². The van der Waals surface area contributed by atoms with Crippen LogP contribution in [-0.2, 0) is 54.5 Å². The van der Waals surface area contributed by atoms with Gasteiger partial charge in [0.1, 0.15) is 12.1 Å². The number of anilines is 1. The Morgan fingerprint density at radius 2 is 1.16 bits per heavy atom. The van der Waals surface area contributed by atoms with Crippen LogP contribution in [0.25, 0.3) is 11.1 Å². The minimum Gasteiger partial charge on any atom is -0.481 e. The Bertz CT molecular complexity index is 2160. The van der Waals surface area contributed by atoms with E-state index in [9.17, 15) is 33.9 Å². The summed E-state index contributed by atoms with van der Waals surface area (Å²) in [6, 6.07) is 33.4. The number of benzene rings is 4. The second-order valence-electron chi connectivity index (χ2n) is 14.1. The van der Waals surface area contributed by atoms with Crippen molar-refractivity contribution < 1.29 is 33.9 Å². The molecule has 5 aromatic rings. The summed E-state index contributed by atoms with van der Waals surface area (Å²) in [6.07, 6.45) is -0.402. The van der Waals surface area contributed by atoms with Gasteiger partial charge in [-0.05, 0) is 64.2 Å². The number of carbonyl (C=O) groups is 6. The second kappa shape index (κ2) is 19.5. The number of fused-ring (bicyclic) bond motifs is 18. The number of rotatable bonds is 8. The number of nitrogens with one attached hydrogen (secondary N) is 4. The Hall–Kier alpha value is -6.40. The quantitative estimate of drug-likeness (QED) is 0.129. The molecule has 0 aliphatic carbocycles. The highest BCUT2D eigenvalue weighted by atomic mass is 32.1. The number of carbonyl (C=O) groups excluding carboxylic acids is 5. The molecule has 0 spiro atoms. The van der Waals surface area contributed by atoms with Crippen molar-refractivity contribution in [2.24, 2.45) is 5.92 Å². The Balaban J connectivity index is 1.34. The molecule has 12 heteroatoms. The number of aliphatic carboxylic acids is 1. The second-order valence-corrected chi connectivity index (χ2v) is 15.2. The third kappa shape index (κ3) is 11.8. The van der Waals surface area contributed by atoms with Crippen LogP contribution in [0.1, 0.15) is 40.8 Å². The molecular formula is C45H44N4O7S. The van der Waals surface area contributed by atoms with Crippen molar-refractivity contribution >= 4 is 52.4 Å². The van der Waals surface area contributed by atoms with Crippen LogP contribution in [0.15, 0.2) is 127 Å². The SMILES string of the molecule is O=C1CCC(=O)N[C@@H](Cc2cccs2)C(=O)N[C@H](Cc2ccc(-c3ccccc3)cc2)C(=O)N[C@@H](Cc2ccccc2)C(=O)C[C@H](C(=O)O)Cc2ccc(cc2)N1. The molecule has 0 fully saturated rings. The van der Waals surface area contributed by atoms with Gasteiger partial charge >= 0.3 is 5.97 Å². The summed E-state index contributed by atoms with van der Waals surface area (Å²) in [5, 5.41) is 23.3. The van der Waals surface area contributed by atoms with Crippen molar-refractivity contribution in [2.45, 2.75) is 63.1 Å². The van der Waals surface area contributed by atoms with E-state index in [-0.39, 0.29) is 44.9 Å². The number of hydrogen-bond donors (Lipinski definition) is 5. The Morgan fingerprint density at radius 3 is 1.81 bits per heavy atom. The molecule has 0 unspecified atom stereocenters. The molecule has 7 rings (SSSR count). The lowest BCUT2D eigenvalue weighted by Gasteiger charge is -2.26. The van der Waals surface area contributed by atoms with Crippen LogP contribution in [0, 0.1) is 5.92 Å². The first-order valence-electron chi connectivity index (χ1n) is 18.8. The standard InChI is InChI=1S/C45H44N4O7S/c50-40-27-34(45(55)56)24-30-15-19-35(20-16-30)46-41(51)21-22-42(52)47-39(28-36-12-7-23-57-36)44(54)49-38(43(53)48-37(40)25-29-8-3-1-4-9-29)26-31-13-17-33(18-14-31)32-10-5-2-6-11-32/h1-20,23,34,37-39H,21-22,24-28H2,(H,46,51)(H,47,52)(H,48,53)(H,49,54)(H,55,56)/t34-,37+,38-,39+/m1/s1. The zero-order valence-electron chi connectivity index (χ0n) is 31.2. The van der Waals surface area contributed by atoms with Crippen LogP contribution >= 0.6 is 11.3 Å². The molecule has 292 valence electrons. The van der Waals surface area contributed by atoms with Gasteiger partial charge in [-0.2, -0.15) is 0 Å². The average molecular weight is 785 g/mol. The first-order chi connectivity index (χ1) is 27.6. The number of thiophene rings is 1. The number of carboxylic acid groups (broad SMARTS) is 1. The van der Waals surface area contributed by atoms with E-state index in [0.717, 1.165) is 27.1 Å². The maximum atomic E-state index is 14.4. The minimum atomic E-state index is -1.19. The molecule has 0 saturated heterocycles. The van der Waals surface area contributed by atoms with Gasteiger partial charge in [0, 0.05) is 42.7 Å². The number of hydrogen-bond acceptors (Lipinski definition) is 7. The highest BCUT2D eigenvalue weighted by Gasteiger charge is 2.32. The van der Waals surface area contributed by atoms with Gasteiger partial charge in [-0.25, -0.2) is 0 Å². The van der Waals surface area contributed by atoms with Crippen molar-refractivity contribution in [2.75, 3.05) is 5.32 Å². The topological polar surface area (TPSA) is 171 Å². The molecule has 57 heavy (non-hydrogen) atoms. The Labute approximate surface area is 334 Å².